The van der Waals surface area contributed by atoms with Crippen LogP contribution in [0.15, 0.2) is 30.7 Å². The number of nitrogens with one attached hydrogen (secondary N) is 1. The molecule has 0 bridgehead atoms. The highest BCUT2D eigenvalue weighted by Gasteiger charge is 2.25. The number of piperidine rings is 1. The highest BCUT2D eigenvalue weighted by Crippen LogP contribution is 2.26. The number of fused-ring (bicyclic) bond motifs is 1. The van der Waals surface area contributed by atoms with Gasteiger partial charge in [0.1, 0.15) is 23.5 Å². The molecule has 1 fully saturated rings. The second-order valence-corrected chi connectivity index (χ2v) is 9.14. The summed E-state index contributed by atoms with van der Waals surface area (Å²) in [5, 5.41) is 3.97. The number of alkyl halides is 2. The maximum Gasteiger partial charge on any atom is 0.282 e. The molecule has 0 saturated carbocycles. The Morgan fingerprint density at radius 3 is 2.87 bits per heavy atom. The monoisotopic (exact) mass is 437 g/mol. The number of rotatable bonds is 6. The number of halogens is 2. The molecule has 4 rings (SSSR count). The van der Waals surface area contributed by atoms with E-state index in [0.29, 0.717) is 29.4 Å². The van der Waals surface area contributed by atoms with E-state index in [1.165, 1.54) is 36.2 Å². The summed E-state index contributed by atoms with van der Waals surface area (Å²) in [6.45, 7) is 1.30. The molecule has 0 spiro atoms. The predicted octanol–water partition coefficient (Wildman–Crippen LogP) is 1.89. The van der Waals surface area contributed by atoms with Gasteiger partial charge < -0.3 is 4.90 Å². The van der Waals surface area contributed by atoms with Crippen LogP contribution in [-0.4, -0.2) is 58.9 Å². The lowest BCUT2D eigenvalue weighted by molar-refractivity contribution is 0.144. The van der Waals surface area contributed by atoms with Gasteiger partial charge in [0.25, 0.3) is 6.43 Å². The van der Waals surface area contributed by atoms with Crippen LogP contribution in [0.4, 0.5) is 14.6 Å². The summed E-state index contributed by atoms with van der Waals surface area (Å²) in [5.41, 5.74) is 1.06. The molecule has 0 aliphatic carbocycles. The molecule has 1 atom stereocenters. The fourth-order valence-electron chi connectivity index (χ4n) is 3.64. The SMILES string of the molecule is CNS(=O)(=O)CC1CCCN(c2cc(-c3cnc4ccc(C(F)F)nn34)ncn2)C1. The van der Waals surface area contributed by atoms with Gasteiger partial charge in [-0.2, -0.15) is 5.10 Å². The minimum absolute atomic E-state index is 0.0133. The van der Waals surface area contributed by atoms with Crippen LogP contribution in [-0.2, 0) is 10.0 Å². The topological polar surface area (TPSA) is 105 Å². The highest BCUT2D eigenvalue weighted by atomic mass is 32.2. The summed E-state index contributed by atoms with van der Waals surface area (Å²) in [4.78, 5) is 14.8. The Balaban J connectivity index is 1.62. The molecule has 0 aromatic carbocycles. The average molecular weight is 437 g/mol. The van der Waals surface area contributed by atoms with Crippen molar-refractivity contribution in [3.63, 3.8) is 0 Å². The Labute approximate surface area is 172 Å². The number of hydrogen-bond acceptors (Lipinski definition) is 7. The Bertz CT molecular complexity index is 1150. The standard InChI is InChI=1S/C18H21F2N7O2S/c1-21-30(28,29)10-12-3-2-6-26(9-12)17-7-14(23-11-24-17)15-8-22-16-5-4-13(18(19)20)25-27(15)16/h4-5,7-8,11-12,18,21H,2-3,6,9-10H2,1H3. The van der Waals surface area contributed by atoms with E-state index in [1.54, 1.807) is 6.07 Å². The van der Waals surface area contributed by atoms with Crippen LogP contribution < -0.4 is 9.62 Å². The Hall–Kier alpha value is -2.73. The minimum Gasteiger partial charge on any atom is -0.356 e. The summed E-state index contributed by atoms with van der Waals surface area (Å²) in [6, 6.07) is 4.47. The summed E-state index contributed by atoms with van der Waals surface area (Å²) >= 11 is 0. The van der Waals surface area contributed by atoms with Crippen LogP contribution in [0.2, 0.25) is 0 Å². The third-order valence-corrected chi connectivity index (χ3v) is 6.66. The van der Waals surface area contributed by atoms with E-state index < -0.39 is 16.4 Å². The summed E-state index contributed by atoms with van der Waals surface area (Å²) in [7, 11) is -1.88. The van der Waals surface area contributed by atoms with E-state index in [9.17, 15) is 17.2 Å². The second kappa shape index (κ2) is 8.19. The van der Waals surface area contributed by atoms with Crippen molar-refractivity contribution in [2.24, 2.45) is 5.92 Å². The first-order valence-corrected chi connectivity index (χ1v) is 11.1. The predicted molar refractivity (Wildman–Crippen MR) is 107 cm³/mol. The fraction of sp³-hybridized carbons (Fsp3) is 0.444. The van der Waals surface area contributed by atoms with Crippen molar-refractivity contribution in [2.75, 3.05) is 30.8 Å². The number of hydrogen-bond donors (Lipinski definition) is 1. The molecule has 9 nitrogen and oxygen atoms in total. The van der Waals surface area contributed by atoms with Gasteiger partial charge in [-0.25, -0.2) is 41.4 Å². The van der Waals surface area contributed by atoms with Crippen molar-refractivity contribution in [2.45, 2.75) is 19.3 Å². The van der Waals surface area contributed by atoms with Crippen LogP contribution in [0, 0.1) is 5.92 Å². The van der Waals surface area contributed by atoms with Crippen LogP contribution in [0.3, 0.4) is 0 Å². The number of anilines is 1. The lowest BCUT2D eigenvalue weighted by atomic mass is 10.00. The molecule has 4 heterocycles. The molecular weight excluding hydrogens is 416 g/mol. The van der Waals surface area contributed by atoms with Gasteiger partial charge in [-0.1, -0.05) is 0 Å². The van der Waals surface area contributed by atoms with E-state index in [-0.39, 0.29) is 17.4 Å². The zero-order chi connectivity index (χ0) is 21.3. The van der Waals surface area contributed by atoms with Gasteiger partial charge >= 0.3 is 0 Å². The van der Waals surface area contributed by atoms with E-state index in [0.717, 1.165) is 19.4 Å². The normalized spacial score (nSPS) is 17.7. The Morgan fingerprint density at radius 1 is 1.27 bits per heavy atom. The quantitative estimate of drug-likeness (QED) is 0.628. The second-order valence-electron chi connectivity index (χ2n) is 7.17. The molecular formula is C18H21F2N7O2S. The number of nitrogens with zero attached hydrogens (tertiary/aromatic N) is 6. The Kier molecular flexibility index (Phi) is 5.60. The molecule has 1 aliphatic heterocycles. The number of sulfonamides is 1. The number of imidazole rings is 1. The first-order valence-electron chi connectivity index (χ1n) is 9.47. The zero-order valence-corrected chi connectivity index (χ0v) is 17.1. The molecule has 1 saturated heterocycles. The molecule has 3 aromatic rings. The molecule has 1 aliphatic rings. The maximum absolute atomic E-state index is 13.0. The van der Waals surface area contributed by atoms with Gasteiger partial charge in [-0.05, 0) is 37.9 Å². The van der Waals surface area contributed by atoms with Crippen molar-refractivity contribution in [3.8, 4) is 11.4 Å². The maximum atomic E-state index is 13.0. The van der Waals surface area contributed by atoms with Crippen LogP contribution in [0.25, 0.3) is 17.0 Å². The third-order valence-electron chi connectivity index (χ3n) is 5.13. The number of aromatic nitrogens is 5. The molecule has 0 radical (unpaired) electrons. The smallest absolute Gasteiger partial charge is 0.282 e. The first-order chi connectivity index (χ1) is 14.4. The molecule has 0 amide bonds. The largest absolute Gasteiger partial charge is 0.356 e. The lowest BCUT2D eigenvalue weighted by Gasteiger charge is -2.33. The lowest BCUT2D eigenvalue weighted by Crippen LogP contribution is -2.40. The van der Waals surface area contributed by atoms with E-state index in [2.05, 4.69) is 24.8 Å². The van der Waals surface area contributed by atoms with Crippen molar-refractivity contribution in [1.29, 1.82) is 0 Å². The molecule has 12 heteroatoms. The highest BCUT2D eigenvalue weighted by molar-refractivity contribution is 7.89. The van der Waals surface area contributed by atoms with Gasteiger partial charge in [0.05, 0.1) is 17.6 Å². The molecule has 1 N–H and O–H groups in total. The van der Waals surface area contributed by atoms with Gasteiger partial charge in [0, 0.05) is 19.2 Å². The van der Waals surface area contributed by atoms with Gasteiger partial charge in [0.2, 0.25) is 10.0 Å². The summed E-state index contributed by atoms with van der Waals surface area (Å²) < 4.78 is 53.6. The van der Waals surface area contributed by atoms with Crippen molar-refractivity contribution in [1.82, 2.24) is 29.3 Å². The van der Waals surface area contributed by atoms with Crippen molar-refractivity contribution in [3.05, 3.63) is 36.4 Å². The first kappa shape index (κ1) is 20.5. The van der Waals surface area contributed by atoms with Gasteiger partial charge in [0.15, 0.2) is 5.65 Å². The van der Waals surface area contributed by atoms with Crippen LogP contribution in [0.5, 0.6) is 0 Å². The summed E-state index contributed by atoms with van der Waals surface area (Å²) in [6.07, 6.45) is 1.91. The molecule has 1 unspecified atom stereocenters. The summed E-state index contributed by atoms with van der Waals surface area (Å²) in [5.74, 6) is 0.693. The van der Waals surface area contributed by atoms with E-state index >= 15 is 0 Å². The van der Waals surface area contributed by atoms with Gasteiger partial charge in [-0.15, -0.1) is 0 Å². The van der Waals surface area contributed by atoms with Crippen LogP contribution in [0.1, 0.15) is 25.0 Å². The third kappa shape index (κ3) is 4.24. The van der Waals surface area contributed by atoms with E-state index in [4.69, 9.17) is 0 Å². The Morgan fingerprint density at radius 2 is 2.10 bits per heavy atom. The van der Waals surface area contributed by atoms with Crippen LogP contribution >= 0.6 is 0 Å². The molecule has 160 valence electrons. The average Bonchev–Trinajstić information content (AvgIpc) is 3.17. The van der Waals surface area contributed by atoms with Crippen molar-refractivity contribution >= 4 is 21.5 Å². The van der Waals surface area contributed by atoms with Gasteiger partial charge in [-0.3, -0.25) is 0 Å². The fourth-order valence-corrected chi connectivity index (χ4v) is 4.70. The van der Waals surface area contributed by atoms with Crippen molar-refractivity contribution < 1.29 is 17.2 Å². The molecule has 3 aromatic heterocycles. The van der Waals surface area contributed by atoms with E-state index in [1.807, 2.05) is 4.90 Å². The zero-order valence-electron chi connectivity index (χ0n) is 16.2. The minimum atomic E-state index is -3.29. The molecule has 30 heavy (non-hydrogen) atoms.